The number of piperidine rings is 1. The van der Waals surface area contributed by atoms with Crippen molar-refractivity contribution >= 4 is 22.9 Å². The fraction of sp³-hybridized carbons (Fsp3) is 0.448. The zero-order valence-electron chi connectivity index (χ0n) is 22.6. The number of imidazole rings is 1. The van der Waals surface area contributed by atoms with Gasteiger partial charge < -0.3 is 28.9 Å². The van der Waals surface area contributed by atoms with Gasteiger partial charge in [0.15, 0.2) is 5.69 Å². The van der Waals surface area contributed by atoms with Crippen LogP contribution in [0.4, 0.5) is 11.4 Å². The van der Waals surface area contributed by atoms with Gasteiger partial charge in [-0.15, -0.1) is 0 Å². The molecule has 2 saturated heterocycles. The molecule has 6 rings (SSSR count). The molecule has 0 aliphatic carbocycles. The Kier molecular flexibility index (Phi) is 6.39. The molecule has 0 unspecified atom stereocenters. The monoisotopic (exact) mass is 530 g/mol. The average Bonchev–Trinajstić information content (AvgIpc) is 3.53. The number of nitrogens with zero attached hydrogens (tertiary/aromatic N) is 5. The molecule has 10 nitrogen and oxygen atoms in total. The number of oxazole rings is 1. The van der Waals surface area contributed by atoms with Crippen molar-refractivity contribution < 1.29 is 19.1 Å². The number of carbonyl (C=O) groups excluding carboxylic acids is 1. The molecule has 0 radical (unpaired) electrons. The number of nitrogens with one attached hydrogen (secondary N) is 1. The Hall–Kier alpha value is -3.76. The van der Waals surface area contributed by atoms with Gasteiger partial charge in [0, 0.05) is 54.4 Å². The third-order valence-electron chi connectivity index (χ3n) is 7.72. The minimum atomic E-state index is -0.763. The highest BCUT2D eigenvalue weighted by Crippen LogP contribution is 2.41. The molecule has 0 atom stereocenters. The zero-order chi connectivity index (χ0) is 27.2. The molecule has 2 aliphatic rings. The van der Waals surface area contributed by atoms with Crippen molar-refractivity contribution in [2.45, 2.75) is 52.1 Å². The van der Waals surface area contributed by atoms with E-state index in [0.717, 1.165) is 67.4 Å². The summed E-state index contributed by atoms with van der Waals surface area (Å²) in [6.45, 7) is 8.92. The van der Waals surface area contributed by atoms with Crippen molar-refractivity contribution in [2.24, 2.45) is 5.41 Å². The number of hydrogen-bond donors (Lipinski definition) is 2. The SMILES string of the molecule is Cc1cc(-c2nc(C(=O)Nc3cn4cc(CCC(C)(C)O)nc4cc3N3CCC4(CC3)COC4)co2)ccn1. The Morgan fingerprint density at radius 3 is 2.67 bits per heavy atom. The fourth-order valence-electron chi connectivity index (χ4n) is 5.27. The number of carbonyl (C=O) groups is 1. The third-order valence-corrected chi connectivity index (χ3v) is 7.72. The summed E-state index contributed by atoms with van der Waals surface area (Å²) in [6, 6.07) is 5.70. The highest BCUT2D eigenvalue weighted by Gasteiger charge is 2.41. The summed E-state index contributed by atoms with van der Waals surface area (Å²) in [5, 5.41) is 13.2. The van der Waals surface area contributed by atoms with Gasteiger partial charge in [-0.25, -0.2) is 9.97 Å². The molecule has 2 N–H and O–H groups in total. The molecule has 4 aromatic rings. The molecular weight excluding hydrogens is 496 g/mol. The van der Waals surface area contributed by atoms with E-state index in [2.05, 4.69) is 20.2 Å². The topological polar surface area (TPSA) is 118 Å². The molecule has 1 amide bonds. The fourth-order valence-corrected chi connectivity index (χ4v) is 5.27. The number of aromatic nitrogens is 4. The Labute approximate surface area is 227 Å². The minimum absolute atomic E-state index is 0.200. The lowest BCUT2D eigenvalue weighted by atomic mass is 9.77. The smallest absolute Gasteiger partial charge is 0.277 e. The number of hydrogen-bond acceptors (Lipinski definition) is 8. The van der Waals surface area contributed by atoms with Crippen LogP contribution in [0.15, 0.2) is 47.5 Å². The van der Waals surface area contributed by atoms with Gasteiger partial charge in [0.25, 0.3) is 5.91 Å². The lowest BCUT2D eigenvalue weighted by Crippen LogP contribution is -2.51. The maximum absolute atomic E-state index is 13.3. The molecule has 2 fully saturated rings. The predicted octanol–water partition coefficient (Wildman–Crippen LogP) is 4.27. The summed E-state index contributed by atoms with van der Waals surface area (Å²) in [5.74, 6) is 0.0241. The first kappa shape index (κ1) is 25.5. The van der Waals surface area contributed by atoms with Crippen LogP contribution in [0.5, 0.6) is 0 Å². The Morgan fingerprint density at radius 1 is 1.18 bits per heavy atom. The van der Waals surface area contributed by atoms with Crippen molar-refractivity contribution in [1.29, 1.82) is 0 Å². The van der Waals surface area contributed by atoms with Crippen molar-refractivity contribution in [1.82, 2.24) is 19.4 Å². The second-order valence-electron chi connectivity index (χ2n) is 11.5. The molecule has 1 spiro atoms. The first-order valence-corrected chi connectivity index (χ1v) is 13.4. The number of anilines is 2. The van der Waals surface area contributed by atoms with Crippen LogP contribution in [0.3, 0.4) is 0 Å². The lowest BCUT2D eigenvalue weighted by molar-refractivity contribution is -0.124. The molecule has 6 heterocycles. The van der Waals surface area contributed by atoms with E-state index in [9.17, 15) is 9.90 Å². The van der Waals surface area contributed by atoms with E-state index in [-0.39, 0.29) is 11.6 Å². The van der Waals surface area contributed by atoms with Crippen molar-refractivity contribution in [3.63, 3.8) is 0 Å². The van der Waals surface area contributed by atoms with Crippen LogP contribution in [0.2, 0.25) is 0 Å². The molecule has 0 bridgehead atoms. The van der Waals surface area contributed by atoms with Gasteiger partial charge in [-0.2, -0.15) is 0 Å². The normalized spacial score (nSPS) is 17.0. The van der Waals surface area contributed by atoms with Crippen LogP contribution in [-0.4, -0.2) is 62.3 Å². The Morgan fingerprint density at radius 2 is 1.97 bits per heavy atom. The van der Waals surface area contributed by atoms with Crippen LogP contribution in [0.1, 0.15) is 55.0 Å². The Balaban J connectivity index is 1.28. The number of aryl methyl sites for hydroxylation is 2. The minimum Gasteiger partial charge on any atom is -0.444 e. The summed E-state index contributed by atoms with van der Waals surface area (Å²) < 4.78 is 13.1. The molecule has 2 aliphatic heterocycles. The zero-order valence-corrected chi connectivity index (χ0v) is 22.6. The van der Waals surface area contributed by atoms with E-state index in [1.807, 2.05) is 35.9 Å². The second-order valence-corrected chi connectivity index (χ2v) is 11.5. The largest absolute Gasteiger partial charge is 0.444 e. The summed E-state index contributed by atoms with van der Waals surface area (Å²) in [6.07, 6.45) is 10.3. The van der Waals surface area contributed by atoms with Crippen LogP contribution in [-0.2, 0) is 11.2 Å². The quantitative estimate of drug-likeness (QED) is 0.364. The molecule has 39 heavy (non-hydrogen) atoms. The van der Waals surface area contributed by atoms with Gasteiger partial charge in [0.2, 0.25) is 5.89 Å². The highest BCUT2D eigenvalue weighted by molar-refractivity contribution is 6.05. The van der Waals surface area contributed by atoms with E-state index in [0.29, 0.717) is 29.8 Å². The summed E-state index contributed by atoms with van der Waals surface area (Å²) in [5.41, 5.74) is 4.65. The van der Waals surface area contributed by atoms with Crippen LogP contribution < -0.4 is 10.2 Å². The van der Waals surface area contributed by atoms with Crippen LogP contribution in [0.25, 0.3) is 17.1 Å². The van der Waals surface area contributed by atoms with Gasteiger partial charge in [-0.3, -0.25) is 9.78 Å². The van der Waals surface area contributed by atoms with E-state index < -0.39 is 5.60 Å². The summed E-state index contributed by atoms with van der Waals surface area (Å²) in [7, 11) is 0. The van der Waals surface area contributed by atoms with Gasteiger partial charge in [-0.1, -0.05) is 0 Å². The average molecular weight is 531 g/mol. The van der Waals surface area contributed by atoms with Gasteiger partial charge in [0.05, 0.1) is 35.9 Å². The molecule has 10 heteroatoms. The molecule has 4 aromatic heterocycles. The molecule has 0 saturated carbocycles. The summed E-state index contributed by atoms with van der Waals surface area (Å²) >= 11 is 0. The first-order chi connectivity index (χ1) is 18.7. The molecular formula is C29H34N6O4. The van der Waals surface area contributed by atoms with E-state index in [1.165, 1.54) is 6.26 Å². The number of pyridine rings is 2. The maximum Gasteiger partial charge on any atom is 0.277 e. The number of fused-ring (bicyclic) bond motifs is 1. The van der Waals surface area contributed by atoms with Crippen molar-refractivity contribution in [2.75, 3.05) is 36.5 Å². The lowest BCUT2D eigenvalue weighted by Gasteiger charge is -2.48. The summed E-state index contributed by atoms with van der Waals surface area (Å²) in [4.78, 5) is 29.1. The number of rotatable bonds is 7. The van der Waals surface area contributed by atoms with Gasteiger partial charge in [0.1, 0.15) is 11.9 Å². The van der Waals surface area contributed by atoms with Crippen LogP contribution in [0, 0.1) is 12.3 Å². The highest BCUT2D eigenvalue weighted by atomic mass is 16.5. The van der Waals surface area contributed by atoms with E-state index in [4.69, 9.17) is 14.1 Å². The van der Waals surface area contributed by atoms with Gasteiger partial charge >= 0.3 is 0 Å². The number of aliphatic hydroxyl groups is 1. The number of amides is 1. The van der Waals surface area contributed by atoms with Crippen LogP contribution >= 0.6 is 0 Å². The van der Waals surface area contributed by atoms with E-state index >= 15 is 0 Å². The van der Waals surface area contributed by atoms with Crippen molar-refractivity contribution in [3.8, 4) is 11.5 Å². The maximum atomic E-state index is 13.3. The predicted molar refractivity (Wildman–Crippen MR) is 147 cm³/mol. The Bertz CT molecular complexity index is 1500. The van der Waals surface area contributed by atoms with E-state index in [1.54, 1.807) is 26.1 Å². The molecule has 204 valence electrons. The standard InChI is InChI=1S/C29H34N6O4/c1-19-12-20(5-9-30-19)27-33-23(16-39-27)26(36)32-22-15-35-14-21(4-6-28(2,3)37)31-25(35)13-24(22)34-10-7-29(8-11-34)17-38-18-29/h5,9,12-16,37H,4,6-8,10-11,17-18H2,1-3H3,(H,32,36). The third kappa shape index (κ3) is 5.39. The van der Waals surface area contributed by atoms with Gasteiger partial charge in [-0.05, 0) is 58.6 Å². The number of ether oxygens (including phenoxy) is 1. The second kappa shape index (κ2) is 9.77. The van der Waals surface area contributed by atoms with Crippen molar-refractivity contribution in [3.05, 3.63) is 60.1 Å². The first-order valence-electron chi connectivity index (χ1n) is 13.4. The molecule has 0 aromatic carbocycles.